The van der Waals surface area contributed by atoms with E-state index in [1.165, 1.54) is 25.7 Å². The molecule has 0 aromatic carbocycles. The van der Waals surface area contributed by atoms with Crippen LogP contribution in [0.2, 0.25) is 0 Å². The minimum atomic E-state index is 0.892. The highest BCUT2D eigenvalue weighted by molar-refractivity contribution is 4.98. The third-order valence-corrected chi connectivity index (χ3v) is 5.49. The van der Waals surface area contributed by atoms with Crippen LogP contribution in [-0.4, -0.2) is 0 Å². The van der Waals surface area contributed by atoms with Gasteiger partial charge in [0.25, 0.3) is 0 Å². The van der Waals surface area contributed by atoms with E-state index in [1.54, 1.807) is 0 Å². The van der Waals surface area contributed by atoms with Crippen molar-refractivity contribution in [1.82, 2.24) is 0 Å². The van der Waals surface area contributed by atoms with Gasteiger partial charge in [0.1, 0.15) is 0 Å². The molecule has 0 spiro atoms. The van der Waals surface area contributed by atoms with E-state index >= 15 is 0 Å². The lowest BCUT2D eigenvalue weighted by molar-refractivity contribution is 0.245. The summed E-state index contributed by atoms with van der Waals surface area (Å²) in [6.07, 6.45) is 5.97. The molecule has 0 aromatic heterocycles. The zero-order valence-corrected chi connectivity index (χ0v) is 11.9. The van der Waals surface area contributed by atoms with Crippen LogP contribution in [0.4, 0.5) is 0 Å². The molecule has 6 atom stereocenters. The van der Waals surface area contributed by atoms with Crippen molar-refractivity contribution in [3.05, 3.63) is 0 Å². The topological polar surface area (TPSA) is 0 Å². The Kier molecular flexibility index (Phi) is 3.66. The molecule has 2 fully saturated rings. The average molecular weight is 222 g/mol. The summed E-state index contributed by atoms with van der Waals surface area (Å²) >= 11 is 0. The van der Waals surface area contributed by atoms with E-state index in [9.17, 15) is 0 Å². The SMILES string of the molecule is CC(C)CCC1CC(C)C2C(C)CC(C)C12. The van der Waals surface area contributed by atoms with Gasteiger partial charge in [-0.2, -0.15) is 0 Å². The number of fused-ring (bicyclic) bond motifs is 1. The number of hydrogen-bond donors (Lipinski definition) is 0. The predicted octanol–water partition coefficient (Wildman–Crippen LogP) is 4.99. The van der Waals surface area contributed by atoms with E-state index in [-0.39, 0.29) is 0 Å². The second kappa shape index (κ2) is 4.70. The van der Waals surface area contributed by atoms with Gasteiger partial charge in [0.15, 0.2) is 0 Å². The molecule has 2 aliphatic carbocycles. The lowest BCUT2D eigenvalue weighted by atomic mass is 9.81. The lowest BCUT2D eigenvalue weighted by Crippen LogP contribution is -2.18. The van der Waals surface area contributed by atoms with E-state index in [0.717, 1.165) is 41.4 Å². The Balaban J connectivity index is 2.00. The van der Waals surface area contributed by atoms with Crippen LogP contribution >= 0.6 is 0 Å². The summed E-state index contributed by atoms with van der Waals surface area (Å²) < 4.78 is 0. The molecule has 0 amide bonds. The zero-order valence-electron chi connectivity index (χ0n) is 11.9. The van der Waals surface area contributed by atoms with Gasteiger partial charge in [-0.3, -0.25) is 0 Å². The van der Waals surface area contributed by atoms with E-state index in [2.05, 4.69) is 34.6 Å². The standard InChI is InChI=1S/C16H30/c1-10(2)6-7-14-9-13(5)15-11(3)8-12(4)16(14)15/h10-16H,6-9H2,1-5H3. The van der Waals surface area contributed by atoms with Gasteiger partial charge in [-0.15, -0.1) is 0 Å². The van der Waals surface area contributed by atoms with Crippen LogP contribution in [-0.2, 0) is 0 Å². The molecule has 6 unspecified atom stereocenters. The van der Waals surface area contributed by atoms with Crippen molar-refractivity contribution in [2.24, 2.45) is 41.4 Å². The molecule has 16 heavy (non-hydrogen) atoms. The van der Waals surface area contributed by atoms with Gasteiger partial charge in [-0.1, -0.05) is 41.0 Å². The van der Waals surface area contributed by atoms with E-state index in [4.69, 9.17) is 0 Å². The van der Waals surface area contributed by atoms with Crippen molar-refractivity contribution in [2.45, 2.75) is 60.3 Å². The molecule has 0 saturated heterocycles. The van der Waals surface area contributed by atoms with E-state index in [0.29, 0.717) is 0 Å². The fourth-order valence-corrected chi connectivity index (χ4v) is 5.03. The fraction of sp³-hybridized carbons (Fsp3) is 1.00. The smallest absolute Gasteiger partial charge is 0.0326 e. The number of hydrogen-bond acceptors (Lipinski definition) is 0. The Morgan fingerprint density at radius 2 is 1.44 bits per heavy atom. The summed E-state index contributed by atoms with van der Waals surface area (Å²) in [7, 11) is 0. The number of rotatable bonds is 3. The van der Waals surface area contributed by atoms with Crippen LogP contribution in [0.1, 0.15) is 60.3 Å². The Hall–Kier alpha value is 0. The molecular weight excluding hydrogens is 192 g/mol. The van der Waals surface area contributed by atoms with Gasteiger partial charge in [0.2, 0.25) is 0 Å². The quantitative estimate of drug-likeness (QED) is 0.631. The van der Waals surface area contributed by atoms with Crippen molar-refractivity contribution in [3.63, 3.8) is 0 Å². The van der Waals surface area contributed by atoms with E-state index in [1.807, 2.05) is 0 Å². The molecule has 0 radical (unpaired) electrons. The lowest BCUT2D eigenvalue weighted by Gasteiger charge is -2.24. The monoisotopic (exact) mass is 222 g/mol. The summed E-state index contributed by atoms with van der Waals surface area (Å²) in [6, 6.07) is 0. The third kappa shape index (κ3) is 2.17. The normalized spacial score (nSPS) is 47.6. The summed E-state index contributed by atoms with van der Waals surface area (Å²) in [5.74, 6) is 7.09. The first-order chi connectivity index (χ1) is 7.50. The van der Waals surface area contributed by atoms with Crippen molar-refractivity contribution in [1.29, 1.82) is 0 Å². The van der Waals surface area contributed by atoms with Crippen LogP contribution in [0.3, 0.4) is 0 Å². The highest BCUT2D eigenvalue weighted by atomic mass is 14.5. The molecule has 0 aliphatic heterocycles. The van der Waals surface area contributed by atoms with Crippen molar-refractivity contribution in [2.75, 3.05) is 0 Å². The Morgan fingerprint density at radius 1 is 0.875 bits per heavy atom. The van der Waals surface area contributed by atoms with Crippen molar-refractivity contribution in [3.8, 4) is 0 Å². The molecule has 0 nitrogen and oxygen atoms in total. The largest absolute Gasteiger partial charge is 0.0628 e. The summed E-state index contributed by atoms with van der Waals surface area (Å²) in [4.78, 5) is 0. The molecule has 0 N–H and O–H groups in total. The molecule has 2 aliphatic rings. The van der Waals surface area contributed by atoms with Crippen LogP contribution in [0, 0.1) is 41.4 Å². The molecular formula is C16H30. The molecule has 0 heteroatoms. The average Bonchev–Trinajstić information content (AvgIpc) is 2.65. The first-order valence-electron chi connectivity index (χ1n) is 7.50. The molecule has 2 rings (SSSR count). The maximum Gasteiger partial charge on any atom is -0.0326 e. The second-order valence-corrected chi connectivity index (χ2v) is 7.29. The summed E-state index contributed by atoms with van der Waals surface area (Å²) in [6.45, 7) is 12.3. The van der Waals surface area contributed by atoms with Crippen LogP contribution in [0.15, 0.2) is 0 Å². The van der Waals surface area contributed by atoms with Gasteiger partial charge >= 0.3 is 0 Å². The van der Waals surface area contributed by atoms with Crippen LogP contribution < -0.4 is 0 Å². The molecule has 2 saturated carbocycles. The second-order valence-electron chi connectivity index (χ2n) is 7.29. The Morgan fingerprint density at radius 3 is 2.06 bits per heavy atom. The molecule has 0 bridgehead atoms. The van der Waals surface area contributed by atoms with Crippen molar-refractivity contribution >= 4 is 0 Å². The fourth-order valence-electron chi connectivity index (χ4n) is 5.03. The minimum absolute atomic E-state index is 0.892. The molecule has 0 aromatic rings. The Labute approximate surface area is 102 Å². The molecule has 94 valence electrons. The third-order valence-electron chi connectivity index (χ3n) is 5.49. The highest BCUT2D eigenvalue weighted by Gasteiger charge is 2.49. The van der Waals surface area contributed by atoms with Gasteiger partial charge < -0.3 is 0 Å². The first-order valence-corrected chi connectivity index (χ1v) is 7.50. The zero-order chi connectivity index (χ0) is 11.9. The maximum atomic E-state index is 2.52. The van der Waals surface area contributed by atoms with Gasteiger partial charge in [0.05, 0.1) is 0 Å². The first kappa shape index (κ1) is 12.5. The van der Waals surface area contributed by atoms with Gasteiger partial charge in [-0.05, 0) is 60.7 Å². The summed E-state index contributed by atoms with van der Waals surface area (Å²) in [5.41, 5.74) is 0. The van der Waals surface area contributed by atoms with Gasteiger partial charge in [0, 0.05) is 0 Å². The maximum absolute atomic E-state index is 2.52. The summed E-state index contributed by atoms with van der Waals surface area (Å²) in [5, 5.41) is 0. The molecule has 0 heterocycles. The minimum Gasteiger partial charge on any atom is -0.0628 e. The van der Waals surface area contributed by atoms with Crippen LogP contribution in [0.5, 0.6) is 0 Å². The van der Waals surface area contributed by atoms with Gasteiger partial charge in [-0.25, -0.2) is 0 Å². The van der Waals surface area contributed by atoms with Crippen molar-refractivity contribution < 1.29 is 0 Å². The van der Waals surface area contributed by atoms with E-state index < -0.39 is 0 Å². The Bertz CT molecular complexity index is 230. The predicted molar refractivity (Wildman–Crippen MR) is 71.3 cm³/mol. The highest BCUT2D eigenvalue weighted by Crippen LogP contribution is 2.57. The van der Waals surface area contributed by atoms with Crippen LogP contribution in [0.25, 0.3) is 0 Å².